The van der Waals surface area contributed by atoms with Crippen LogP contribution < -0.4 is 5.69 Å². The molecule has 0 aliphatic carbocycles. The van der Waals surface area contributed by atoms with Crippen LogP contribution in [0.25, 0.3) is 22.2 Å². The number of imidazole rings is 1. The molecule has 0 unspecified atom stereocenters. The third kappa shape index (κ3) is 3.86. The first-order valence-corrected chi connectivity index (χ1v) is 11.4. The maximum absolute atomic E-state index is 13.4. The quantitative estimate of drug-likeness (QED) is 0.478. The fraction of sp³-hybridized carbons (Fsp3) is 0.296. The molecule has 1 amide bonds. The molecule has 1 atom stereocenters. The van der Waals surface area contributed by atoms with E-state index in [0.29, 0.717) is 12.1 Å². The minimum atomic E-state index is -0.0904. The summed E-state index contributed by atoms with van der Waals surface area (Å²) in [4.78, 5) is 32.4. The van der Waals surface area contributed by atoms with Crippen molar-refractivity contribution in [2.24, 2.45) is 14.1 Å². The maximum Gasteiger partial charge on any atom is 0.328 e. The molecule has 6 heteroatoms. The number of piperidine rings is 1. The van der Waals surface area contributed by atoms with Gasteiger partial charge in [-0.3, -0.25) is 18.9 Å². The first-order valence-electron chi connectivity index (χ1n) is 11.4. The molecule has 1 fully saturated rings. The number of pyridine rings is 1. The molecule has 0 saturated carbocycles. The minimum absolute atomic E-state index is 0.00818. The lowest BCUT2D eigenvalue weighted by Gasteiger charge is -2.33. The van der Waals surface area contributed by atoms with Crippen LogP contribution in [0.3, 0.4) is 0 Å². The highest BCUT2D eigenvalue weighted by atomic mass is 16.2. The Morgan fingerprint density at radius 1 is 0.939 bits per heavy atom. The number of carbonyl (C=O) groups is 1. The molecule has 2 aromatic carbocycles. The molecule has 0 bridgehead atoms. The molecular formula is C27H28N4O2. The van der Waals surface area contributed by atoms with Gasteiger partial charge in [-0.05, 0) is 61.2 Å². The van der Waals surface area contributed by atoms with Gasteiger partial charge >= 0.3 is 5.69 Å². The van der Waals surface area contributed by atoms with Crippen LogP contribution in [0.15, 0.2) is 65.5 Å². The fourth-order valence-electron chi connectivity index (χ4n) is 4.93. The number of amides is 1. The molecule has 3 heterocycles. The second kappa shape index (κ2) is 8.35. The number of benzene rings is 2. The van der Waals surface area contributed by atoms with Crippen molar-refractivity contribution in [2.45, 2.75) is 25.7 Å². The van der Waals surface area contributed by atoms with Crippen LogP contribution in [0.2, 0.25) is 0 Å². The third-order valence-electron chi connectivity index (χ3n) is 6.73. The average molecular weight is 441 g/mol. The summed E-state index contributed by atoms with van der Waals surface area (Å²) in [6, 6.07) is 20.2. The number of likely N-dealkylation sites (tertiary alicyclic amines) is 1. The zero-order chi connectivity index (χ0) is 23.1. The monoisotopic (exact) mass is 440 g/mol. The summed E-state index contributed by atoms with van der Waals surface area (Å²) in [5, 5.41) is 0. The van der Waals surface area contributed by atoms with E-state index in [2.05, 4.69) is 24.3 Å². The molecule has 1 aliphatic heterocycles. The Morgan fingerprint density at radius 3 is 2.48 bits per heavy atom. The number of hydrogen-bond donors (Lipinski definition) is 0. The predicted octanol–water partition coefficient (Wildman–Crippen LogP) is 4.27. The van der Waals surface area contributed by atoms with Gasteiger partial charge in [0.05, 0.1) is 11.0 Å². The Kier molecular flexibility index (Phi) is 5.36. The van der Waals surface area contributed by atoms with Crippen molar-refractivity contribution in [2.75, 3.05) is 13.1 Å². The van der Waals surface area contributed by atoms with E-state index in [1.54, 1.807) is 23.2 Å². The van der Waals surface area contributed by atoms with E-state index in [1.807, 2.05) is 48.2 Å². The lowest BCUT2D eigenvalue weighted by atomic mass is 9.92. The number of aromatic nitrogens is 3. The van der Waals surface area contributed by atoms with Crippen LogP contribution in [0.1, 0.15) is 40.5 Å². The molecule has 4 aromatic rings. The van der Waals surface area contributed by atoms with Gasteiger partial charge in [0.25, 0.3) is 5.91 Å². The summed E-state index contributed by atoms with van der Waals surface area (Å²) in [5.41, 5.74) is 6.51. The van der Waals surface area contributed by atoms with Crippen molar-refractivity contribution in [1.29, 1.82) is 0 Å². The van der Waals surface area contributed by atoms with Gasteiger partial charge in [-0.2, -0.15) is 0 Å². The van der Waals surface area contributed by atoms with E-state index in [1.165, 1.54) is 5.56 Å². The van der Waals surface area contributed by atoms with Crippen LogP contribution in [0, 0.1) is 6.92 Å². The number of fused-ring (bicyclic) bond motifs is 1. The van der Waals surface area contributed by atoms with Crippen molar-refractivity contribution < 1.29 is 4.79 Å². The highest BCUT2D eigenvalue weighted by Crippen LogP contribution is 2.30. The van der Waals surface area contributed by atoms with Gasteiger partial charge in [0.1, 0.15) is 0 Å². The van der Waals surface area contributed by atoms with Gasteiger partial charge in [-0.1, -0.05) is 30.3 Å². The van der Waals surface area contributed by atoms with Gasteiger partial charge in [-0.25, -0.2) is 4.79 Å². The molecular weight excluding hydrogens is 412 g/mol. The smallest absolute Gasteiger partial charge is 0.328 e. The fourth-order valence-corrected chi connectivity index (χ4v) is 4.93. The second-order valence-corrected chi connectivity index (χ2v) is 8.98. The van der Waals surface area contributed by atoms with Crippen molar-refractivity contribution in [1.82, 2.24) is 19.0 Å². The Balaban J connectivity index is 1.42. The zero-order valence-electron chi connectivity index (χ0n) is 19.3. The number of nitrogens with zero attached hydrogens (tertiary/aromatic N) is 4. The molecule has 5 rings (SSSR count). The maximum atomic E-state index is 13.4. The summed E-state index contributed by atoms with van der Waals surface area (Å²) < 4.78 is 3.20. The van der Waals surface area contributed by atoms with Crippen LogP contribution in [0.5, 0.6) is 0 Å². The molecule has 1 aliphatic rings. The van der Waals surface area contributed by atoms with Gasteiger partial charge in [0.2, 0.25) is 0 Å². The highest BCUT2D eigenvalue weighted by Gasteiger charge is 2.27. The van der Waals surface area contributed by atoms with Gasteiger partial charge in [0.15, 0.2) is 0 Å². The number of aryl methyl sites for hydroxylation is 3. The minimum Gasteiger partial charge on any atom is -0.338 e. The van der Waals surface area contributed by atoms with Crippen LogP contribution >= 0.6 is 0 Å². The van der Waals surface area contributed by atoms with E-state index in [-0.39, 0.29) is 17.5 Å². The van der Waals surface area contributed by atoms with Gasteiger partial charge in [-0.15, -0.1) is 0 Å². The third-order valence-corrected chi connectivity index (χ3v) is 6.73. The molecule has 0 N–H and O–H groups in total. The second-order valence-electron chi connectivity index (χ2n) is 8.98. The standard InChI is InChI=1S/C27H28N4O2/c1-18-14-22(19-8-5-4-6-9-19)15-23(28-18)21-10-7-13-31(17-21)26(32)20-11-12-24-25(16-20)30(3)27(33)29(24)2/h4-6,8-9,11-12,14-16,21H,7,10,13,17H2,1-3H3/t21-/m1/s1. The lowest BCUT2D eigenvalue weighted by molar-refractivity contribution is 0.0706. The van der Waals surface area contributed by atoms with E-state index >= 15 is 0 Å². The van der Waals surface area contributed by atoms with Crippen molar-refractivity contribution in [3.8, 4) is 11.1 Å². The number of carbonyl (C=O) groups excluding carboxylic acids is 1. The SMILES string of the molecule is Cc1cc(-c2ccccc2)cc([C@@H]2CCCN(C(=O)c3ccc4c(c3)n(C)c(=O)n4C)C2)n1. The molecule has 168 valence electrons. The summed E-state index contributed by atoms with van der Waals surface area (Å²) in [7, 11) is 3.49. The predicted molar refractivity (Wildman–Crippen MR) is 130 cm³/mol. The molecule has 6 nitrogen and oxygen atoms in total. The van der Waals surface area contributed by atoms with Gasteiger partial charge < -0.3 is 4.90 Å². The Morgan fingerprint density at radius 2 is 1.70 bits per heavy atom. The first-order chi connectivity index (χ1) is 15.9. The van der Waals surface area contributed by atoms with E-state index in [0.717, 1.165) is 47.4 Å². The van der Waals surface area contributed by atoms with E-state index < -0.39 is 0 Å². The summed E-state index contributed by atoms with van der Waals surface area (Å²) in [6.07, 6.45) is 1.96. The molecule has 33 heavy (non-hydrogen) atoms. The van der Waals surface area contributed by atoms with Gasteiger partial charge in [0, 0.05) is 50.1 Å². The van der Waals surface area contributed by atoms with E-state index in [4.69, 9.17) is 4.98 Å². The summed E-state index contributed by atoms with van der Waals surface area (Å²) in [6.45, 7) is 3.41. The molecule has 0 radical (unpaired) electrons. The van der Waals surface area contributed by atoms with Crippen molar-refractivity contribution >= 4 is 16.9 Å². The zero-order valence-corrected chi connectivity index (χ0v) is 19.3. The van der Waals surface area contributed by atoms with Crippen LogP contribution in [0.4, 0.5) is 0 Å². The first kappa shape index (κ1) is 21.2. The summed E-state index contributed by atoms with van der Waals surface area (Å²) in [5.74, 6) is 0.212. The Hall–Kier alpha value is -3.67. The summed E-state index contributed by atoms with van der Waals surface area (Å²) >= 11 is 0. The van der Waals surface area contributed by atoms with E-state index in [9.17, 15) is 9.59 Å². The topological polar surface area (TPSA) is 60.1 Å². The molecule has 0 spiro atoms. The average Bonchev–Trinajstić information content (AvgIpc) is 3.07. The normalized spacial score (nSPS) is 16.3. The molecule has 2 aromatic heterocycles. The number of hydrogen-bond acceptors (Lipinski definition) is 3. The largest absolute Gasteiger partial charge is 0.338 e. The highest BCUT2D eigenvalue weighted by molar-refractivity contribution is 5.97. The van der Waals surface area contributed by atoms with Crippen LogP contribution in [-0.2, 0) is 14.1 Å². The van der Waals surface area contributed by atoms with Crippen LogP contribution in [-0.4, -0.2) is 38.0 Å². The Bertz CT molecular complexity index is 1400. The lowest BCUT2D eigenvalue weighted by Crippen LogP contribution is -2.39. The van der Waals surface area contributed by atoms with Crippen molar-refractivity contribution in [3.63, 3.8) is 0 Å². The Labute approximate surface area is 193 Å². The van der Waals surface area contributed by atoms with Crippen molar-refractivity contribution in [3.05, 3.63) is 88.1 Å². The molecule has 1 saturated heterocycles. The number of rotatable bonds is 3.